The van der Waals surface area contributed by atoms with Crippen molar-refractivity contribution in [2.75, 3.05) is 0 Å². The number of rotatable bonds is 3. The molecule has 5 nitrogen and oxygen atoms in total. The van der Waals surface area contributed by atoms with Gasteiger partial charge in [-0.15, -0.1) is 10.2 Å². The second-order valence-corrected chi connectivity index (χ2v) is 3.90. The molecule has 0 amide bonds. The van der Waals surface area contributed by atoms with Gasteiger partial charge in [0.05, 0.1) is 6.54 Å². The van der Waals surface area contributed by atoms with E-state index in [0.717, 1.165) is 12.4 Å². The Morgan fingerprint density at radius 1 is 1.21 bits per heavy atom. The Labute approximate surface area is 83.7 Å². The standard InChI is InChI=1S/C9H17N5/c1-2-4-6-8(5-3-1)10-7-9-11-13-14-12-9/h8,10H,1-7H2,(H,11,12,13,14). The molecule has 14 heavy (non-hydrogen) atoms. The van der Waals surface area contributed by atoms with Crippen LogP contribution in [-0.4, -0.2) is 26.7 Å². The molecule has 0 radical (unpaired) electrons. The van der Waals surface area contributed by atoms with Crippen LogP contribution in [0, 0.1) is 0 Å². The van der Waals surface area contributed by atoms with Crippen molar-refractivity contribution in [1.29, 1.82) is 0 Å². The van der Waals surface area contributed by atoms with Crippen molar-refractivity contribution in [3.05, 3.63) is 5.82 Å². The molecule has 1 aliphatic rings. The predicted molar refractivity (Wildman–Crippen MR) is 52.5 cm³/mol. The summed E-state index contributed by atoms with van der Waals surface area (Å²) in [4.78, 5) is 0. The zero-order valence-electron chi connectivity index (χ0n) is 8.37. The molecule has 0 atom stereocenters. The monoisotopic (exact) mass is 195 g/mol. The van der Waals surface area contributed by atoms with E-state index in [1.54, 1.807) is 0 Å². The maximum Gasteiger partial charge on any atom is 0.188 e. The van der Waals surface area contributed by atoms with Crippen LogP contribution in [0.4, 0.5) is 0 Å². The van der Waals surface area contributed by atoms with Crippen molar-refractivity contribution in [2.24, 2.45) is 0 Å². The van der Waals surface area contributed by atoms with E-state index < -0.39 is 0 Å². The summed E-state index contributed by atoms with van der Waals surface area (Å²) in [6.45, 7) is 0.737. The molecule has 1 fully saturated rings. The first-order valence-electron chi connectivity index (χ1n) is 5.41. The fourth-order valence-corrected chi connectivity index (χ4v) is 1.98. The molecular weight excluding hydrogens is 178 g/mol. The van der Waals surface area contributed by atoms with Crippen molar-refractivity contribution >= 4 is 0 Å². The first kappa shape index (κ1) is 9.58. The Hall–Kier alpha value is -0.970. The number of aromatic amines is 1. The summed E-state index contributed by atoms with van der Waals surface area (Å²) in [6.07, 6.45) is 8.06. The van der Waals surface area contributed by atoms with Crippen molar-refractivity contribution < 1.29 is 0 Å². The van der Waals surface area contributed by atoms with E-state index >= 15 is 0 Å². The third kappa shape index (κ3) is 2.77. The van der Waals surface area contributed by atoms with Crippen molar-refractivity contribution in [3.8, 4) is 0 Å². The van der Waals surface area contributed by atoms with Crippen LogP contribution in [0.5, 0.6) is 0 Å². The lowest BCUT2D eigenvalue weighted by atomic mass is 10.1. The Kier molecular flexibility index (Phi) is 3.45. The maximum absolute atomic E-state index is 3.91. The van der Waals surface area contributed by atoms with Gasteiger partial charge in [0.2, 0.25) is 0 Å². The highest BCUT2D eigenvalue weighted by Crippen LogP contribution is 2.17. The topological polar surface area (TPSA) is 66.5 Å². The number of nitrogens with one attached hydrogen (secondary N) is 2. The van der Waals surface area contributed by atoms with Crippen LogP contribution in [0.1, 0.15) is 44.3 Å². The maximum atomic E-state index is 3.91. The van der Waals surface area contributed by atoms with Gasteiger partial charge in [0.15, 0.2) is 5.82 Å². The van der Waals surface area contributed by atoms with Crippen LogP contribution in [0.15, 0.2) is 0 Å². The van der Waals surface area contributed by atoms with E-state index in [1.807, 2.05) is 0 Å². The molecule has 0 aromatic carbocycles. The average Bonchev–Trinajstić information content (AvgIpc) is 2.58. The highest BCUT2D eigenvalue weighted by Gasteiger charge is 2.11. The molecule has 2 N–H and O–H groups in total. The lowest BCUT2D eigenvalue weighted by Gasteiger charge is -2.14. The summed E-state index contributed by atoms with van der Waals surface area (Å²) in [7, 11) is 0. The van der Waals surface area contributed by atoms with Crippen LogP contribution in [0.2, 0.25) is 0 Å². The average molecular weight is 195 g/mol. The quantitative estimate of drug-likeness (QED) is 0.706. The molecule has 0 unspecified atom stereocenters. The molecule has 1 saturated carbocycles. The van der Waals surface area contributed by atoms with Gasteiger partial charge in [0, 0.05) is 6.04 Å². The van der Waals surface area contributed by atoms with Gasteiger partial charge in [-0.2, -0.15) is 5.21 Å². The van der Waals surface area contributed by atoms with Crippen molar-refractivity contribution in [3.63, 3.8) is 0 Å². The Balaban J connectivity index is 1.73. The van der Waals surface area contributed by atoms with Crippen molar-refractivity contribution in [2.45, 2.75) is 51.1 Å². The van der Waals surface area contributed by atoms with Crippen LogP contribution in [0.25, 0.3) is 0 Å². The third-order valence-electron chi connectivity index (χ3n) is 2.79. The molecule has 1 aliphatic carbocycles. The Morgan fingerprint density at radius 2 is 2.00 bits per heavy atom. The van der Waals surface area contributed by atoms with Gasteiger partial charge in [-0.1, -0.05) is 30.9 Å². The molecule has 1 heterocycles. The van der Waals surface area contributed by atoms with Crippen molar-refractivity contribution in [1.82, 2.24) is 25.9 Å². The second kappa shape index (κ2) is 5.05. The van der Waals surface area contributed by atoms with Gasteiger partial charge in [0.1, 0.15) is 0 Å². The van der Waals surface area contributed by atoms with Gasteiger partial charge in [-0.05, 0) is 12.8 Å². The van der Waals surface area contributed by atoms with Crippen LogP contribution in [-0.2, 0) is 6.54 Å². The van der Waals surface area contributed by atoms with Gasteiger partial charge < -0.3 is 5.32 Å². The summed E-state index contributed by atoms with van der Waals surface area (Å²) in [5.74, 6) is 0.759. The van der Waals surface area contributed by atoms with E-state index in [0.29, 0.717) is 6.04 Å². The predicted octanol–water partition coefficient (Wildman–Crippen LogP) is 1.01. The highest BCUT2D eigenvalue weighted by atomic mass is 15.5. The molecular formula is C9H17N5. The van der Waals surface area contributed by atoms with Crippen LogP contribution >= 0.6 is 0 Å². The van der Waals surface area contributed by atoms with E-state index in [4.69, 9.17) is 0 Å². The van der Waals surface area contributed by atoms with E-state index in [1.165, 1.54) is 38.5 Å². The zero-order valence-corrected chi connectivity index (χ0v) is 8.37. The normalized spacial score (nSPS) is 19.4. The van der Waals surface area contributed by atoms with Gasteiger partial charge in [-0.25, -0.2) is 0 Å². The molecule has 0 saturated heterocycles. The summed E-state index contributed by atoms with van der Waals surface area (Å²) in [6, 6.07) is 0.649. The molecule has 0 bridgehead atoms. The van der Waals surface area contributed by atoms with Gasteiger partial charge >= 0.3 is 0 Å². The molecule has 1 aromatic rings. The smallest absolute Gasteiger partial charge is 0.188 e. The molecule has 5 heteroatoms. The zero-order chi connectivity index (χ0) is 9.64. The lowest BCUT2D eigenvalue weighted by molar-refractivity contribution is 0.452. The molecule has 0 aliphatic heterocycles. The van der Waals surface area contributed by atoms with Gasteiger partial charge in [0.25, 0.3) is 0 Å². The van der Waals surface area contributed by atoms with Gasteiger partial charge in [-0.3, -0.25) is 0 Å². The first-order valence-corrected chi connectivity index (χ1v) is 5.41. The van der Waals surface area contributed by atoms with Crippen LogP contribution in [0.3, 0.4) is 0 Å². The highest BCUT2D eigenvalue weighted by molar-refractivity contribution is 4.78. The number of nitrogens with zero attached hydrogens (tertiary/aromatic N) is 3. The number of H-pyrrole nitrogens is 1. The number of aromatic nitrogens is 4. The minimum atomic E-state index is 0.649. The largest absolute Gasteiger partial charge is 0.307 e. The first-order chi connectivity index (χ1) is 6.95. The number of tetrazole rings is 1. The fraction of sp³-hybridized carbons (Fsp3) is 0.889. The third-order valence-corrected chi connectivity index (χ3v) is 2.79. The summed E-state index contributed by atoms with van der Waals surface area (Å²) in [5.41, 5.74) is 0. The summed E-state index contributed by atoms with van der Waals surface area (Å²) >= 11 is 0. The van der Waals surface area contributed by atoms with E-state index in [-0.39, 0.29) is 0 Å². The second-order valence-electron chi connectivity index (χ2n) is 3.90. The fourth-order valence-electron chi connectivity index (χ4n) is 1.98. The molecule has 78 valence electrons. The van der Waals surface area contributed by atoms with E-state index in [9.17, 15) is 0 Å². The minimum Gasteiger partial charge on any atom is -0.307 e. The number of hydrogen-bond acceptors (Lipinski definition) is 4. The van der Waals surface area contributed by atoms with E-state index in [2.05, 4.69) is 25.9 Å². The molecule has 2 rings (SSSR count). The van der Waals surface area contributed by atoms with Crippen LogP contribution < -0.4 is 5.32 Å². The molecule has 0 spiro atoms. The number of hydrogen-bond donors (Lipinski definition) is 2. The SMILES string of the molecule is C1CCCC(NCc2nn[nH]n2)CC1. The minimum absolute atomic E-state index is 0.649. The Morgan fingerprint density at radius 3 is 2.64 bits per heavy atom. The lowest BCUT2D eigenvalue weighted by Crippen LogP contribution is -2.28. The molecule has 1 aromatic heterocycles. The summed E-state index contributed by atoms with van der Waals surface area (Å²) < 4.78 is 0. The Bertz CT molecular complexity index is 238. The summed E-state index contributed by atoms with van der Waals surface area (Å²) in [5, 5.41) is 17.3.